The van der Waals surface area contributed by atoms with Crippen LogP contribution < -0.4 is 11.1 Å². The van der Waals surface area contributed by atoms with Crippen LogP contribution in [0.25, 0.3) is 0 Å². The summed E-state index contributed by atoms with van der Waals surface area (Å²) in [7, 11) is 3.12. The zero-order valence-corrected chi connectivity index (χ0v) is 13.1. The molecule has 0 fully saturated rings. The molecule has 1 aromatic rings. The normalized spacial score (nSPS) is 10.2. The van der Waals surface area contributed by atoms with Crippen molar-refractivity contribution in [1.29, 1.82) is 0 Å². The first-order valence-electron chi connectivity index (χ1n) is 6.02. The molecule has 0 aromatic heterocycles. The summed E-state index contributed by atoms with van der Waals surface area (Å²) in [6.07, 6.45) is 0. The number of amides is 2. The van der Waals surface area contributed by atoms with Crippen LogP contribution in [0.15, 0.2) is 22.7 Å². The van der Waals surface area contributed by atoms with E-state index >= 15 is 0 Å². The highest BCUT2D eigenvalue weighted by molar-refractivity contribution is 9.10. The van der Waals surface area contributed by atoms with Crippen molar-refractivity contribution in [3.05, 3.63) is 28.2 Å². The zero-order chi connectivity index (χ0) is 15.1. The van der Waals surface area contributed by atoms with Gasteiger partial charge in [0, 0.05) is 36.4 Å². The van der Waals surface area contributed by atoms with E-state index in [-0.39, 0.29) is 18.4 Å². The van der Waals surface area contributed by atoms with Crippen LogP contribution >= 0.6 is 15.9 Å². The molecule has 0 spiro atoms. The number of nitrogens with two attached hydrogens (primary N) is 1. The summed E-state index contributed by atoms with van der Waals surface area (Å²) in [5.74, 6) is -0.492. The van der Waals surface area contributed by atoms with Crippen molar-refractivity contribution < 1.29 is 14.3 Å². The van der Waals surface area contributed by atoms with Crippen molar-refractivity contribution in [2.45, 2.75) is 0 Å². The standard InChI is InChI=1S/C13H18BrN3O3/c1-17(8-12(18)16-5-6-20-2)13(19)9-3-4-10(14)11(15)7-9/h3-4,7H,5-6,8,15H2,1-2H3,(H,16,18). The summed E-state index contributed by atoms with van der Waals surface area (Å²) in [5.41, 5.74) is 6.65. The third-order valence-corrected chi connectivity index (χ3v) is 3.32. The van der Waals surface area contributed by atoms with E-state index in [1.165, 1.54) is 4.90 Å². The van der Waals surface area contributed by atoms with Gasteiger partial charge in [-0.2, -0.15) is 0 Å². The minimum atomic E-state index is -0.258. The predicted molar refractivity (Wildman–Crippen MR) is 80.4 cm³/mol. The van der Waals surface area contributed by atoms with Crippen LogP contribution in [0.1, 0.15) is 10.4 Å². The monoisotopic (exact) mass is 343 g/mol. The van der Waals surface area contributed by atoms with Crippen molar-refractivity contribution in [3.8, 4) is 0 Å². The van der Waals surface area contributed by atoms with Gasteiger partial charge in [0.1, 0.15) is 0 Å². The van der Waals surface area contributed by atoms with Crippen LogP contribution in [0.2, 0.25) is 0 Å². The van der Waals surface area contributed by atoms with Crippen LogP contribution in [0, 0.1) is 0 Å². The quantitative estimate of drug-likeness (QED) is 0.592. The fourth-order valence-corrected chi connectivity index (χ4v) is 1.78. The Morgan fingerprint density at radius 1 is 1.45 bits per heavy atom. The van der Waals surface area contributed by atoms with E-state index in [2.05, 4.69) is 21.2 Å². The molecule has 3 N–H and O–H groups in total. The number of benzene rings is 1. The second-order valence-corrected chi connectivity index (χ2v) is 5.09. The molecule has 1 aromatic carbocycles. The maximum Gasteiger partial charge on any atom is 0.254 e. The zero-order valence-electron chi connectivity index (χ0n) is 11.5. The second kappa shape index (κ2) is 7.86. The lowest BCUT2D eigenvalue weighted by atomic mass is 10.2. The van der Waals surface area contributed by atoms with Gasteiger partial charge < -0.3 is 20.7 Å². The fraction of sp³-hybridized carbons (Fsp3) is 0.385. The molecule has 1 rings (SSSR count). The number of likely N-dealkylation sites (N-methyl/N-ethyl adjacent to an activating group) is 1. The van der Waals surface area contributed by atoms with Gasteiger partial charge in [-0.25, -0.2) is 0 Å². The van der Waals surface area contributed by atoms with Gasteiger partial charge in [-0.3, -0.25) is 9.59 Å². The number of carbonyl (C=O) groups is 2. The lowest BCUT2D eigenvalue weighted by molar-refractivity contribution is -0.121. The maximum atomic E-state index is 12.1. The molecule has 20 heavy (non-hydrogen) atoms. The number of carbonyl (C=O) groups excluding carboxylic acids is 2. The molecule has 0 saturated heterocycles. The molecule has 0 atom stereocenters. The lowest BCUT2D eigenvalue weighted by Gasteiger charge is -2.17. The predicted octanol–water partition coefficient (Wildman–Crippen LogP) is 0.866. The van der Waals surface area contributed by atoms with E-state index in [0.29, 0.717) is 24.4 Å². The summed E-state index contributed by atoms with van der Waals surface area (Å²) in [4.78, 5) is 25.1. The fourth-order valence-electron chi connectivity index (χ4n) is 1.53. The van der Waals surface area contributed by atoms with Crippen molar-refractivity contribution in [2.75, 3.05) is 39.6 Å². The van der Waals surface area contributed by atoms with E-state index in [0.717, 1.165) is 4.47 Å². The number of anilines is 1. The number of ether oxygens (including phenoxy) is 1. The van der Waals surface area contributed by atoms with Gasteiger partial charge in [0.25, 0.3) is 5.91 Å². The topological polar surface area (TPSA) is 84.7 Å². The Bertz CT molecular complexity index is 494. The first kappa shape index (κ1) is 16.5. The summed E-state index contributed by atoms with van der Waals surface area (Å²) >= 11 is 3.27. The Kier molecular flexibility index (Phi) is 6.47. The number of nitrogens with zero attached hydrogens (tertiary/aromatic N) is 1. The Labute approximate surface area is 126 Å². The summed E-state index contributed by atoms with van der Waals surface area (Å²) < 4.78 is 5.56. The van der Waals surface area contributed by atoms with Crippen LogP contribution in [0.3, 0.4) is 0 Å². The lowest BCUT2D eigenvalue weighted by Crippen LogP contribution is -2.39. The highest BCUT2D eigenvalue weighted by Gasteiger charge is 2.15. The smallest absolute Gasteiger partial charge is 0.254 e. The Morgan fingerprint density at radius 3 is 2.75 bits per heavy atom. The molecule has 2 amide bonds. The van der Waals surface area contributed by atoms with Crippen LogP contribution in [-0.4, -0.2) is 50.6 Å². The SMILES string of the molecule is COCCNC(=O)CN(C)C(=O)c1ccc(Br)c(N)c1. The molecule has 0 unspecified atom stereocenters. The Balaban J connectivity index is 2.58. The number of hydrogen-bond donors (Lipinski definition) is 2. The summed E-state index contributed by atoms with van der Waals surface area (Å²) in [6.45, 7) is 0.841. The molecule has 0 aliphatic rings. The van der Waals surface area contributed by atoms with Crippen molar-refractivity contribution in [2.24, 2.45) is 0 Å². The highest BCUT2D eigenvalue weighted by atomic mass is 79.9. The molecular formula is C13H18BrN3O3. The molecule has 110 valence electrons. The molecule has 0 radical (unpaired) electrons. The summed E-state index contributed by atoms with van der Waals surface area (Å²) in [6, 6.07) is 4.93. The van der Waals surface area contributed by atoms with E-state index in [4.69, 9.17) is 10.5 Å². The number of rotatable bonds is 6. The van der Waals surface area contributed by atoms with Crippen LogP contribution in [0.4, 0.5) is 5.69 Å². The minimum Gasteiger partial charge on any atom is -0.398 e. The minimum absolute atomic E-state index is 0.0154. The first-order valence-corrected chi connectivity index (χ1v) is 6.81. The van der Waals surface area contributed by atoms with Gasteiger partial charge in [-0.05, 0) is 34.1 Å². The molecule has 0 heterocycles. The van der Waals surface area contributed by atoms with Gasteiger partial charge >= 0.3 is 0 Å². The molecule has 0 aliphatic carbocycles. The number of methoxy groups -OCH3 is 1. The van der Waals surface area contributed by atoms with E-state index in [1.807, 2.05) is 0 Å². The number of halogens is 1. The van der Waals surface area contributed by atoms with E-state index in [1.54, 1.807) is 32.4 Å². The maximum absolute atomic E-state index is 12.1. The molecular weight excluding hydrogens is 326 g/mol. The van der Waals surface area contributed by atoms with Crippen molar-refractivity contribution in [3.63, 3.8) is 0 Å². The average molecular weight is 344 g/mol. The van der Waals surface area contributed by atoms with E-state index in [9.17, 15) is 9.59 Å². The van der Waals surface area contributed by atoms with Gasteiger partial charge in [0.05, 0.1) is 13.2 Å². The molecule has 0 bridgehead atoms. The van der Waals surface area contributed by atoms with Crippen molar-refractivity contribution in [1.82, 2.24) is 10.2 Å². The van der Waals surface area contributed by atoms with Gasteiger partial charge in [-0.1, -0.05) is 0 Å². The molecule has 7 heteroatoms. The van der Waals surface area contributed by atoms with Gasteiger partial charge in [-0.15, -0.1) is 0 Å². The average Bonchev–Trinajstić information content (AvgIpc) is 2.41. The van der Waals surface area contributed by atoms with Crippen LogP contribution in [-0.2, 0) is 9.53 Å². The van der Waals surface area contributed by atoms with Crippen LogP contribution in [0.5, 0.6) is 0 Å². The highest BCUT2D eigenvalue weighted by Crippen LogP contribution is 2.20. The van der Waals surface area contributed by atoms with E-state index < -0.39 is 0 Å². The largest absolute Gasteiger partial charge is 0.398 e. The number of nitrogen functional groups attached to an aromatic ring is 1. The third kappa shape index (κ3) is 4.82. The Morgan fingerprint density at radius 2 is 2.15 bits per heavy atom. The van der Waals surface area contributed by atoms with Gasteiger partial charge in [0.15, 0.2) is 0 Å². The van der Waals surface area contributed by atoms with Crippen molar-refractivity contribution >= 4 is 33.4 Å². The summed E-state index contributed by atoms with van der Waals surface area (Å²) in [5, 5.41) is 2.65. The van der Waals surface area contributed by atoms with Gasteiger partial charge in [0.2, 0.25) is 5.91 Å². The second-order valence-electron chi connectivity index (χ2n) is 4.24. The molecule has 6 nitrogen and oxygen atoms in total. The number of nitrogens with one attached hydrogen (secondary N) is 1. The Hall–Kier alpha value is -1.60. The first-order chi connectivity index (χ1) is 9.45. The molecule has 0 saturated carbocycles. The third-order valence-electron chi connectivity index (χ3n) is 2.60. The number of hydrogen-bond acceptors (Lipinski definition) is 4. The molecule has 0 aliphatic heterocycles.